The minimum atomic E-state index is -0.302. The summed E-state index contributed by atoms with van der Waals surface area (Å²) < 4.78 is 0. The normalized spacial score (nSPS) is 19.6. The minimum Gasteiger partial charge on any atom is -0.369 e. The summed E-state index contributed by atoms with van der Waals surface area (Å²) in [5.74, 6) is -0.288. The van der Waals surface area contributed by atoms with Gasteiger partial charge in [0.05, 0.1) is 6.54 Å². The highest BCUT2D eigenvalue weighted by Crippen LogP contribution is 2.20. The van der Waals surface area contributed by atoms with Crippen molar-refractivity contribution < 1.29 is 9.59 Å². The number of nitrogens with one attached hydrogen (secondary N) is 1. The maximum Gasteiger partial charge on any atom is 0.231 e. The van der Waals surface area contributed by atoms with Crippen molar-refractivity contribution >= 4 is 11.8 Å². The summed E-state index contributed by atoms with van der Waals surface area (Å²) in [5.41, 5.74) is 11.1. The van der Waals surface area contributed by atoms with Gasteiger partial charge >= 0.3 is 0 Å². The number of rotatable bonds is 5. The van der Waals surface area contributed by atoms with Gasteiger partial charge in [-0.05, 0) is 18.3 Å². The molecule has 2 amide bonds. The van der Waals surface area contributed by atoms with Crippen LogP contribution in [0.2, 0.25) is 0 Å². The molecule has 6 nitrogen and oxygen atoms in total. The maximum atomic E-state index is 11.9. The van der Waals surface area contributed by atoms with Crippen molar-refractivity contribution in [3.05, 3.63) is 0 Å². The van der Waals surface area contributed by atoms with Crippen molar-refractivity contribution in [2.24, 2.45) is 16.9 Å². The van der Waals surface area contributed by atoms with Gasteiger partial charge in [0.1, 0.15) is 0 Å². The molecule has 0 aromatic rings. The first-order valence-electron chi connectivity index (χ1n) is 7.24. The lowest BCUT2D eigenvalue weighted by atomic mass is 9.85. The molecule has 116 valence electrons. The maximum absolute atomic E-state index is 11.9. The van der Waals surface area contributed by atoms with E-state index in [1.807, 2.05) is 25.7 Å². The second-order valence-electron chi connectivity index (χ2n) is 6.76. The van der Waals surface area contributed by atoms with Gasteiger partial charge in [-0.15, -0.1) is 0 Å². The highest BCUT2D eigenvalue weighted by atomic mass is 16.2. The molecule has 20 heavy (non-hydrogen) atoms. The molecule has 0 bridgehead atoms. The number of primary amides is 1. The van der Waals surface area contributed by atoms with E-state index in [1.54, 1.807) is 0 Å². The van der Waals surface area contributed by atoms with Crippen LogP contribution in [0, 0.1) is 5.41 Å². The van der Waals surface area contributed by atoms with Gasteiger partial charge < -0.3 is 16.8 Å². The van der Waals surface area contributed by atoms with Gasteiger partial charge in [-0.3, -0.25) is 14.5 Å². The standard InChI is InChI=1S/C14H28N4O2/c1-14(2,3)11(15)8-13(20)17-10-4-6-18(7-5-10)9-12(16)19/h10-11H,4-9,15H2,1-3H3,(H2,16,19)(H,17,20). The van der Waals surface area contributed by atoms with E-state index in [0.717, 1.165) is 25.9 Å². The average molecular weight is 284 g/mol. The smallest absolute Gasteiger partial charge is 0.231 e. The number of hydrogen-bond acceptors (Lipinski definition) is 4. The SMILES string of the molecule is CC(C)(C)C(N)CC(=O)NC1CCN(CC(N)=O)CC1. The van der Waals surface area contributed by atoms with Crippen molar-refractivity contribution in [3.8, 4) is 0 Å². The first-order valence-corrected chi connectivity index (χ1v) is 7.24. The third kappa shape index (κ3) is 5.88. The molecule has 1 aliphatic rings. The molecule has 1 fully saturated rings. The highest BCUT2D eigenvalue weighted by molar-refractivity contribution is 5.77. The van der Waals surface area contributed by atoms with Crippen molar-refractivity contribution in [1.82, 2.24) is 10.2 Å². The molecule has 1 aliphatic heterocycles. The Bertz CT molecular complexity index is 344. The van der Waals surface area contributed by atoms with E-state index in [9.17, 15) is 9.59 Å². The van der Waals surface area contributed by atoms with Crippen molar-refractivity contribution in [1.29, 1.82) is 0 Å². The van der Waals surface area contributed by atoms with Gasteiger partial charge in [-0.2, -0.15) is 0 Å². The summed E-state index contributed by atoms with van der Waals surface area (Å²) in [6.07, 6.45) is 2.05. The number of nitrogens with zero attached hydrogens (tertiary/aromatic N) is 1. The Morgan fingerprint density at radius 3 is 2.30 bits per heavy atom. The highest BCUT2D eigenvalue weighted by Gasteiger charge is 2.25. The summed E-state index contributed by atoms with van der Waals surface area (Å²) in [5, 5.41) is 3.03. The van der Waals surface area contributed by atoms with Crippen LogP contribution >= 0.6 is 0 Å². The Kier molecular flexibility index (Phi) is 5.95. The van der Waals surface area contributed by atoms with E-state index in [0.29, 0.717) is 13.0 Å². The lowest BCUT2D eigenvalue weighted by molar-refractivity contribution is -0.123. The van der Waals surface area contributed by atoms with Gasteiger partial charge in [0.25, 0.3) is 0 Å². The summed E-state index contributed by atoms with van der Waals surface area (Å²) >= 11 is 0. The topological polar surface area (TPSA) is 101 Å². The number of amides is 2. The van der Waals surface area contributed by atoms with Gasteiger partial charge in [0.15, 0.2) is 0 Å². The number of hydrogen-bond donors (Lipinski definition) is 3. The fraction of sp³-hybridized carbons (Fsp3) is 0.857. The molecule has 5 N–H and O–H groups in total. The Hall–Kier alpha value is -1.14. The van der Waals surface area contributed by atoms with E-state index in [4.69, 9.17) is 11.5 Å². The van der Waals surface area contributed by atoms with Crippen LogP contribution in [-0.2, 0) is 9.59 Å². The third-order valence-electron chi connectivity index (χ3n) is 3.85. The minimum absolute atomic E-state index is 0.0146. The Morgan fingerprint density at radius 1 is 1.30 bits per heavy atom. The van der Waals surface area contributed by atoms with Crippen LogP contribution in [-0.4, -0.2) is 48.4 Å². The lowest BCUT2D eigenvalue weighted by Crippen LogP contribution is -2.48. The van der Waals surface area contributed by atoms with Gasteiger partial charge in [0, 0.05) is 31.6 Å². The van der Waals surface area contributed by atoms with E-state index in [1.165, 1.54) is 0 Å². The molecule has 0 aliphatic carbocycles. The zero-order valence-electron chi connectivity index (χ0n) is 12.8. The van der Waals surface area contributed by atoms with E-state index < -0.39 is 0 Å². The fourth-order valence-corrected chi connectivity index (χ4v) is 2.25. The number of likely N-dealkylation sites (tertiary alicyclic amines) is 1. The summed E-state index contributed by atoms with van der Waals surface area (Å²) in [6.45, 7) is 7.99. The first-order chi connectivity index (χ1) is 9.18. The summed E-state index contributed by atoms with van der Waals surface area (Å²) in [7, 11) is 0. The van der Waals surface area contributed by atoms with E-state index in [-0.39, 0.29) is 29.3 Å². The Balaban J connectivity index is 2.30. The van der Waals surface area contributed by atoms with Gasteiger partial charge in [0.2, 0.25) is 11.8 Å². The molecule has 6 heteroatoms. The van der Waals surface area contributed by atoms with Crippen LogP contribution in [0.3, 0.4) is 0 Å². The van der Waals surface area contributed by atoms with Crippen LogP contribution < -0.4 is 16.8 Å². The zero-order valence-corrected chi connectivity index (χ0v) is 12.8. The van der Waals surface area contributed by atoms with Crippen LogP contribution in [0.5, 0.6) is 0 Å². The molecule has 0 aromatic carbocycles. The molecule has 1 unspecified atom stereocenters. The van der Waals surface area contributed by atoms with Crippen molar-refractivity contribution in [3.63, 3.8) is 0 Å². The third-order valence-corrected chi connectivity index (χ3v) is 3.85. The lowest BCUT2D eigenvalue weighted by Gasteiger charge is -2.32. The molecule has 0 radical (unpaired) electrons. The predicted molar refractivity (Wildman–Crippen MR) is 78.8 cm³/mol. The number of piperidine rings is 1. The van der Waals surface area contributed by atoms with Crippen LogP contribution in [0.15, 0.2) is 0 Å². The van der Waals surface area contributed by atoms with E-state index in [2.05, 4.69) is 5.32 Å². The summed E-state index contributed by atoms with van der Waals surface area (Å²) in [6, 6.07) is 0.0382. The molecule has 0 aromatic heterocycles. The quantitative estimate of drug-likeness (QED) is 0.651. The molecular weight excluding hydrogens is 256 g/mol. The molecule has 1 saturated heterocycles. The number of nitrogens with two attached hydrogens (primary N) is 2. The second-order valence-corrected chi connectivity index (χ2v) is 6.76. The number of carbonyl (C=O) groups excluding carboxylic acids is 2. The van der Waals surface area contributed by atoms with Crippen molar-refractivity contribution in [2.75, 3.05) is 19.6 Å². The van der Waals surface area contributed by atoms with Crippen LogP contribution in [0.25, 0.3) is 0 Å². The van der Waals surface area contributed by atoms with Gasteiger partial charge in [-0.1, -0.05) is 20.8 Å². The van der Waals surface area contributed by atoms with Gasteiger partial charge in [-0.25, -0.2) is 0 Å². The van der Waals surface area contributed by atoms with E-state index >= 15 is 0 Å². The van der Waals surface area contributed by atoms with Crippen LogP contribution in [0.4, 0.5) is 0 Å². The summed E-state index contributed by atoms with van der Waals surface area (Å²) in [4.78, 5) is 24.8. The first kappa shape index (κ1) is 16.9. The monoisotopic (exact) mass is 284 g/mol. The molecule has 1 heterocycles. The molecule has 0 spiro atoms. The molecular formula is C14H28N4O2. The molecule has 1 atom stereocenters. The Labute approximate surface area is 121 Å². The largest absolute Gasteiger partial charge is 0.369 e. The molecule has 1 rings (SSSR count). The second kappa shape index (κ2) is 7.04. The number of carbonyl (C=O) groups is 2. The van der Waals surface area contributed by atoms with Crippen molar-refractivity contribution in [2.45, 2.75) is 52.1 Å². The average Bonchev–Trinajstić information content (AvgIpc) is 2.29. The predicted octanol–water partition coefficient (Wildman–Crippen LogP) is -0.184. The Morgan fingerprint density at radius 2 is 1.85 bits per heavy atom. The van der Waals surface area contributed by atoms with Crippen LogP contribution in [0.1, 0.15) is 40.0 Å². The fourth-order valence-electron chi connectivity index (χ4n) is 2.25. The molecule has 0 saturated carbocycles. The zero-order chi connectivity index (χ0) is 15.3.